The topological polar surface area (TPSA) is 43.6 Å². The average Bonchev–Trinajstić information content (AvgIpc) is 3.33. The Morgan fingerprint density at radius 1 is 1.32 bits per heavy atom. The van der Waals surface area contributed by atoms with Gasteiger partial charge in [-0.05, 0) is 43.2 Å². The molecule has 1 aliphatic rings. The zero-order valence-electron chi connectivity index (χ0n) is 15.6. The second-order valence-corrected chi connectivity index (χ2v) is 8.70. The van der Waals surface area contributed by atoms with E-state index in [-0.39, 0.29) is 11.3 Å². The maximum atomic E-state index is 12.8. The van der Waals surface area contributed by atoms with Gasteiger partial charge in [-0.1, -0.05) is 32.9 Å². The molecule has 2 aromatic rings. The first-order valence-electron chi connectivity index (χ1n) is 8.74. The van der Waals surface area contributed by atoms with Crippen molar-refractivity contribution < 1.29 is 9.53 Å². The van der Waals surface area contributed by atoms with Gasteiger partial charge in [0.05, 0.1) is 12.7 Å². The lowest BCUT2D eigenvalue weighted by Crippen LogP contribution is -2.20. The fraction of sp³-hybridized carbons (Fsp3) is 0.500. The lowest BCUT2D eigenvalue weighted by atomic mass is 9.93. The number of nitrogens with zero attached hydrogens (tertiary/aromatic N) is 2. The summed E-state index contributed by atoms with van der Waals surface area (Å²) in [6.45, 7) is 9.72. The fourth-order valence-electron chi connectivity index (χ4n) is 3.01. The molecule has 1 heterocycles. The molecule has 0 radical (unpaired) electrons. The number of para-hydroxylation sites is 1. The Labute approximate surface area is 153 Å². The van der Waals surface area contributed by atoms with Crippen molar-refractivity contribution in [3.05, 3.63) is 45.2 Å². The van der Waals surface area contributed by atoms with E-state index in [1.807, 2.05) is 12.1 Å². The molecule has 0 atom stereocenters. The summed E-state index contributed by atoms with van der Waals surface area (Å²) in [7, 11) is 1.58. The first-order chi connectivity index (χ1) is 11.8. The third-order valence-electron chi connectivity index (χ3n) is 4.51. The highest BCUT2D eigenvalue weighted by Crippen LogP contribution is 2.33. The van der Waals surface area contributed by atoms with Gasteiger partial charge in [0.15, 0.2) is 4.80 Å². The quantitative estimate of drug-likeness (QED) is 0.817. The first-order valence-corrected chi connectivity index (χ1v) is 9.55. The highest BCUT2D eigenvalue weighted by atomic mass is 32.1. The van der Waals surface area contributed by atoms with E-state index in [0.29, 0.717) is 11.3 Å². The molecule has 0 bridgehead atoms. The Balaban J connectivity index is 2.08. The molecule has 1 aliphatic carbocycles. The van der Waals surface area contributed by atoms with Crippen molar-refractivity contribution in [3.63, 3.8) is 0 Å². The number of benzene rings is 1. The van der Waals surface area contributed by atoms with Crippen LogP contribution >= 0.6 is 11.3 Å². The smallest absolute Gasteiger partial charge is 0.283 e. The summed E-state index contributed by atoms with van der Waals surface area (Å²) < 4.78 is 7.54. The molecule has 1 amide bonds. The van der Waals surface area contributed by atoms with E-state index >= 15 is 0 Å². The molecule has 0 saturated heterocycles. The summed E-state index contributed by atoms with van der Waals surface area (Å²) in [4.78, 5) is 19.3. The Morgan fingerprint density at radius 3 is 2.60 bits per heavy atom. The van der Waals surface area contributed by atoms with E-state index in [0.717, 1.165) is 17.3 Å². The molecular formula is C20H26N2O2S. The Kier molecular flexibility index (Phi) is 4.87. The van der Waals surface area contributed by atoms with Gasteiger partial charge in [-0.25, -0.2) is 0 Å². The molecule has 1 aromatic carbocycles. The van der Waals surface area contributed by atoms with Crippen LogP contribution in [0.2, 0.25) is 0 Å². The number of methoxy groups -OCH3 is 1. The van der Waals surface area contributed by atoms with Crippen LogP contribution in [0.3, 0.4) is 0 Å². The van der Waals surface area contributed by atoms with Crippen LogP contribution in [0, 0.1) is 12.8 Å². The molecule has 1 saturated carbocycles. The Hall–Kier alpha value is -1.88. The predicted octanol–water partition coefficient (Wildman–Crippen LogP) is 4.32. The first kappa shape index (κ1) is 17.9. The highest BCUT2D eigenvalue weighted by Gasteiger charge is 2.27. The van der Waals surface area contributed by atoms with E-state index in [4.69, 9.17) is 4.74 Å². The number of hydrogen-bond acceptors (Lipinski definition) is 3. The average molecular weight is 359 g/mol. The number of rotatable bonds is 4. The third kappa shape index (κ3) is 3.87. The maximum absolute atomic E-state index is 12.8. The number of carbonyl (C=O) groups is 1. The summed E-state index contributed by atoms with van der Waals surface area (Å²) in [6, 6.07) is 7.25. The SMILES string of the molecule is COc1ccccc1C(=O)/N=c1\sc(C(C)(C)C)c(C)n1CC1CC1. The number of thiazole rings is 1. The van der Waals surface area contributed by atoms with Gasteiger partial charge in [-0.15, -0.1) is 11.3 Å². The lowest BCUT2D eigenvalue weighted by molar-refractivity contribution is 0.0994. The minimum absolute atomic E-state index is 0.0430. The van der Waals surface area contributed by atoms with Crippen LogP contribution in [-0.2, 0) is 12.0 Å². The standard InChI is InChI=1S/C20H26N2O2S/c1-13-17(20(2,3)4)25-19(22(13)12-14-10-11-14)21-18(23)15-8-6-7-9-16(15)24-5/h6-9,14H,10-12H2,1-5H3/b21-19-. The van der Waals surface area contributed by atoms with Crippen molar-refractivity contribution in [3.8, 4) is 5.75 Å². The van der Waals surface area contributed by atoms with Gasteiger partial charge in [0.2, 0.25) is 0 Å². The molecular weight excluding hydrogens is 332 g/mol. The summed E-state index contributed by atoms with van der Waals surface area (Å²) in [5.74, 6) is 1.04. The summed E-state index contributed by atoms with van der Waals surface area (Å²) >= 11 is 1.63. The van der Waals surface area contributed by atoms with Gasteiger partial charge >= 0.3 is 0 Å². The van der Waals surface area contributed by atoms with Crippen molar-refractivity contribution in [2.24, 2.45) is 10.9 Å². The fourth-order valence-corrected chi connectivity index (χ4v) is 4.20. The second kappa shape index (κ2) is 6.79. The normalized spacial score (nSPS) is 15.5. The van der Waals surface area contributed by atoms with Gasteiger partial charge in [-0.3, -0.25) is 4.79 Å². The largest absolute Gasteiger partial charge is 0.496 e. The van der Waals surface area contributed by atoms with E-state index in [1.54, 1.807) is 30.6 Å². The van der Waals surface area contributed by atoms with Gasteiger partial charge in [0, 0.05) is 17.1 Å². The van der Waals surface area contributed by atoms with Crippen LogP contribution in [0.15, 0.2) is 29.3 Å². The minimum Gasteiger partial charge on any atom is -0.496 e. The second-order valence-electron chi connectivity index (χ2n) is 7.72. The van der Waals surface area contributed by atoms with Crippen LogP contribution in [0.4, 0.5) is 0 Å². The Bertz CT molecular complexity index is 851. The zero-order chi connectivity index (χ0) is 18.2. The third-order valence-corrected chi connectivity index (χ3v) is 6.12. The molecule has 0 spiro atoms. The highest BCUT2D eigenvalue weighted by molar-refractivity contribution is 7.09. The molecule has 3 rings (SSSR count). The molecule has 4 nitrogen and oxygen atoms in total. The van der Waals surface area contributed by atoms with Crippen LogP contribution in [0.25, 0.3) is 0 Å². The van der Waals surface area contributed by atoms with Crippen LogP contribution < -0.4 is 9.54 Å². The van der Waals surface area contributed by atoms with Gasteiger partial charge in [-0.2, -0.15) is 4.99 Å². The molecule has 0 aliphatic heterocycles. The predicted molar refractivity (Wildman–Crippen MR) is 101 cm³/mol. The van der Waals surface area contributed by atoms with Gasteiger partial charge < -0.3 is 9.30 Å². The van der Waals surface area contributed by atoms with Crippen LogP contribution in [0.1, 0.15) is 54.5 Å². The van der Waals surface area contributed by atoms with Crippen LogP contribution in [-0.4, -0.2) is 17.6 Å². The molecule has 25 heavy (non-hydrogen) atoms. The molecule has 1 fully saturated rings. The van der Waals surface area contributed by atoms with Gasteiger partial charge in [0.25, 0.3) is 5.91 Å². The summed E-state index contributed by atoms with van der Waals surface area (Å²) in [5.41, 5.74) is 1.78. The number of carbonyl (C=O) groups excluding carboxylic acids is 1. The van der Waals surface area contributed by atoms with Crippen LogP contribution in [0.5, 0.6) is 5.75 Å². The summed E-state index contributed by atoms with van der Waals surface area (Å²) in [5, 5.41) is 0. The Morgan fingerprint density at radius 2 is 2.00 bits per heavy atom. The van der Waals surface area contributed by atoms with Crippen molar-refractivity contribution in [2.75, 3.05) is 7.11 Å². The van der Waals surface area contributed by atoms with Gasteiger partial charge in [0.1, 0.15) is 5.75 Å². The van der Waals surface area contributed by atoms with Crippen molar-refractivity contribution >= 4 is 17.2 Å². The molecule has 0 N–H and O–H groups in total. The monoisotopic (exact) mass is 358 g/mol. The van der Waals surface area contributed by atoms with Crippen molar-refractivity contribution in [1.82, 2.24) is 4.57 Å². The van der Waals surface area contributed by atoms with E-state index in [9.17, 15) is 4.79 Å². The number of amides is 1. The molecule has 5 heteroatoms. The number of ether oxygens (including phenoxy) is 1. The molecule has 1 aromatic heterocycles. The van der Waals surface area contributed by atoms with Crippen molar-refractivity contribution in [1.29, 1.82) is 0 Å². The minimum atomic E-state index is -0.247. The van der Waals surface area contributed by atoms with Crippen molar-refractivity contribution in [2.45, 2.75) is 52.5 Å². The summed E-state index contributed by atoms with van der Waals surface area (Å²) in [6.07, 6.45) is 2.54. The maximum Gasteiger partial charge on any atom is 0.283 e. The van der Waals surface area contributed by atoms with E-state index in [2.05, 4.69) is 37.3 Å². The molecule has 0 unspecified atom stereocenters. The molecule has 134 valence electrons. The van der Waals surface area contributed by atoms with E-state index in [1.165, 1.54) is 23.4 Å². The number of hydrogen-bond donors (Lipinski definition) is 0. The zero-order valence-corrected chi connectivity index (χ0v) is 16.4. The number of aromatic nitrogens is 1. The lowest BCUT2D eigenvalue weighted by Gasteiger charge is -2.17. The van der Waals surface area contributed by atoms with E-state index < -0.39 is 0 Å².